The van der Waals surface area contributed by atoms with E-state index in [4.69, 9.17) is 4.74 Å². The number of nitrogens with one attached hydrogen (secondary N) is 1. The van der Waals surface area contributed by atoms with Crippen molar-refractivity contribution in [3.05, 3.63) is 0 Å². The summed E-state index contributed by atoms with van der Waals surface area (Å²) in [5, 5.41) is 3.59. The molecule has 0 saturated heterocycles. The van der Waals surface area contributed by atoms with Gasteiger partial charge in [-0.1, -0.05) is 0 Å². The molecule has 1 aliphatic rings. The fourth-order valence-electron chi connectivity index (χ4n) is 1.85. The molecule has 0 heterocycles. The molecule has 0 aromatic rings. The quantitative estimate of drug-likeness (QED) is 0.681. The van der Waals surface area contributed by atoms with E-state index in [2.05, 4.69) is 26.1 Å². The monoisotopic (exact) mass is 171 g/mol. The number of hydrogen-bond acceptors (Lipinski definition) is 2. The first-order valence-corrected chi connectivity index (χ1v) is 4.83. The second kappa shape index (κ2) is 3.75. The molecular formula is C10H21NO. The van der Waals surface area contributed by atoms with Crippen LogP contribution in [0.5, 0.6) is 0 Å². The average molecular weight is 171 g/mol. The van der Waals surface area contributed by atoms with Crippen molar-refractivity contribution in [3.63, 3.8) is 0 Å². The lowest BCUT2D eigenvalue weighted by Gasteiger charge is -2.30. The Balaban J connectivity index is 2.27. The highest BCUT2D eigenvalue weighted by atomic mass is 16.5. The predicted octanol–water partition coefficient (Wildman–Crippen LogP) is 1.80. The van der Waals surface area contributed by atoms with Gasteiger partial charge < -0.3 is 10.1 Å². The molecular weight excluding hydrogens is 150 g/mol. The maximum absolute atomic E-state index is 5.09. The van der Waals surface area contributed by atoms with Crippen LogP contribution in [0, 0.1) is 5.92 Å². The van der Waals surface area contributed by atoms with Crippen LogP contribution in [0.4, 0.5) is 0 Å². The van der Waals surface area contributed by atoms with E-state index in [-0.39, 0.29) is 0 Å². The Bertz CT molecular complexity index is 141. The molecule has 1 N–H and O–H groups in total. The van der Waals surface area contributed by atoms with Crippen LogP contribution in [0.2, 0.25) is 0 Å². The van der Waals surface area contributed by atoms with Crippen molar-refractivity contribution >= 4 is 0 Å². The number of ether oxygens (including phenoxy) is 1. The molecule has 0 radical (unpaired) electrons. The van der Waals surface area contributed by atoms with Gasteiger partial charge in [0.05, 0.1) is 6.61 Å². The summed E-state index contributed by atoms with van der Waals surface area (Å²) in [4.78, 5) is 0. The summed E-state index contributed by atoms with van der Waals surface area (Å²) in [5.74, 6) is 0.886. The highest BCUT2D eigenvalue weighted by molar-refractivity contribution is 4.95. The summed E-state index contributed by atoms with van der Waals surface area (Å²) in [5.41, 5.74) is 0.304. The van der Waals surface area contributed by atoms with Crippen molar-refractivity contribution in [2.75, 3.05) is 13.7 Å². The zero-order valence-corrected chi connectivity index (χ0v) is 8.68. The maximum Gasteiger partial charge on any atom is 0.0613 e. The van der Waals surface area contributed by atoms with Gasteiger partial charge in [-0.2, -0.15) is 0 Å². The smallest absolute Gasteiger partial charge is 0.0613 e. The van der Waals surface area contributed by atoms with E-state index in [1.54, 1.807) is 7.11 Å². The van der Waals surface area contributed by atoms with Gasteiger partial charge in [-0.25, -0.2) is 0 Å². The highest BCUT2D eigenvalue weighted by Gasteiger charge is 2.37. The first kappa shape index (κ1) is 10.0. The highest BCUT2D eigenvalue weighted by Crippen LogP contribution is 2.39. The maximum atomic E-state index is 5.09. The Labute approximate surface area is 75.7 Å². The van der Waals surface area contributed by atoms with Crippen LogP contribution in [-0.4, -0.2) is 25.3 Å². The van der Waals surface area contributed by atoms with Gasteiger partial charge in [-0.3, -0.25) is 0 Å². The summed E-state index contributed by atoms with van der Waals surface area (Å²) in [7, 11) is 1.75. The number of rotatable bonds is 5. The summed E-state index contributed by atoms with van der Waals surface area (Å²) < 4.78 is 5.09. The molecule has 0 aliphatic heterocycles. The molecule has 12 heavy (non-hydrogen) atoms. The molecule has 1 fully saturated rings. The van der Waals surface area contributed by atoms with Crippen LogP contribution in [-0.2, 0) is 4.74 Å². The predicted molar refractivity (Wildman–Crippen MR) is 51.3 cm³/mol. The first-order chi connectivity index (χ1) is 5.56. The minimum atomic E-state index is 0.304. The standard InChI is InChI=1S/C10H21NO/c1-8(7-12-4)11-10(2,3)9-5-6-9/h8-9,11H,5-7H2,1-4H3. The van der Waals surface area contributed by atoms with Gasteiger partial charge in [-0.15, -0.1) is 0 Å². The third kappa shape index (κ3) is 2.76. The van der Waals surface area contributed by atoms with Crippen LogP contribution in [0.25, 0.3) is 0 Å². The molecule has 0 amide bonds. The van der Waals surface area contributed by atoms with E-state index < -0.39 is 0 Å². The van der Waals surface area contributed by atoms with E-state index in [1.807, 2.05) is 0 Å². The summed E-state index contributed by atoms with van der Waals surface area (Å²) in [6.07, 6.45) is 2.78. The topological polar surface area (TPSA) is 21.3 Å². The van der Waals surface area contributed by atoms with Crippen molar-refractivity contribution in [2.45, 2.75) is 45.2 Å². The normalized spacial score (nSPS) is 21.0. The molecule has 0 bridgehead atoms. The third-order valence-corrected chi connectivity index (χ3v) is 2.63. The summed E-state index contributed by atoms with van der Waals surface area (Å²) >= 11 is 0. The number of hydrogen-bond donors (Lipinski definition) is 1. The van der Waals surface area contributed by atoms with Gasteiger partial charge in [0, 0.05) is 18.7 Å². The average Bonchev–Trinajstić information content (AvgIpc) is 2.65. The first-order valence-electron chi connectivity index (χ1n) is 4.83. The SMILES string of the molecule is COCC(C)NC(C)(C)C1CC1. The second-order valence-electron chi connectivity index (χ2n) is 4.50. The minimum absolute atomic E-state index is 0.304. The lowest BCUT2D eigenvalue weighted by atomic mass is 9.98. The Kier molecular flexibility index (Phi) is 3.13. The Hall–Kier alpha value is -0.0800. The Morgan fingerprint density at radius 1 is 1.50 bits per heavy atom. The number of methoxy groups -OCH3 is 1. The molecule has 1 unspecified atom stereocenters. The molecule has 1 rings (SSSR count). The molecule has 0 spiro atoms. The van der Waals surface area contributed by atoms with E-state index in [9.17, 15) is 0 Å². The van der Waals surface area contributed by atoms with Crippen molar-refractivity contribution in [3.8, 4) is 0 Å². The van der Waals surface area contributed by atoms with Crippen molar-refractivity contribution in [2.24, 2.45) is 5.92 Å². The molecule has 0 aromatic heterocycles. The molecule has 2 nitrogen and oxygen atoms in total. The van der Waals surface area contributed by atoms with Crippen LogP contribution in [0.1, 0.15) is 33.6 Å². The van der Waals surface area contributed by atoms with Gasteiger partial charge in [0.15, 0.2) is 0 Å². The van der Waals surface area contributed by atoms with Crippen molar-refractivity contribution in [1.82, 2.24) is 5.32 Å². The summed E-state index contributed by atoms with van der Waals surface area (Å²) in [6, 6.07) is 0.464. The Morgan fingerprint density at radius 3 is 2.50 bits per heavy atom. The van der Waals surface area contributed by atoms with Gasteiger partial charge in [0.25, 0.3) is 0 Å². The zero-order chi connectivity index (χ0) is 9.19. The van der Waals surface area contributed by atoms with Gasteiger partial charge in [0.2, 0.25) is 0 Å². The molecule has 0 aromatic carbocycles. The fraction of sp³-hybridized carbons (Fsp3) is 1.00. The minimum Gasteiger partial charge on any atom is -0.383 e. The molecule has 1 aliphatic carbocycles. The van der Waals surface area contributed by atoms with Crippen LogP contribution >= 0.6 is 0 Å². The molecule has 72 valence electrons. The van der Waals surface area contributed by atoms with Crippen LogP contribution < -0.4 is 5.32 Å². The molecule has 1 atom stereocenters. The third-order valence-electron chi connectivity index (χ3n) is 2.63. The van der Waals surface area contributed by atoms with Crippen molar-refractivity contribution < 1.29 is 4.74 Å². The van der Waals surface area contributed by atoms with Gasteiger partial charge in [-0.05, 0) is 39.5 Å². The molecule has 1 saturated carbocycles. The molecule has 2 heteroatoms. The van der Waals surface area contributed by atoms with E-state index in [0.29, 0.717) is 11.6 Å². The Morgan fingerprint density at radius 2 is 2.08 bits per heavy atom. The second-order valence-corrected chi connectivity index (χ2v) is 4.50. The lowest BCUT2D eigenvalue weighted by molar-refractivity contribution is 0.152. The largest absolute Gasteiger partial charge is 0.383 e. The lowest BCUT2D eigenvalue weighted by Crippen LogP contribution is -2.48. The van der Waals surface area contributed by atoms with E-state index in [0.717, 1.165) is 12.5 Å². The van der Waals surface area contributed by atoms with Crippen LogP contribution in [0.15, 0.2) is 0 Å². The van der Waals surface area contributed by atoms with Crippen LogP contribution in [0.3, 0.4) is 0 Å². The van der Waals surface area contributed by atoms with Crippen molar-refractivity contribution in [1.29, 1.82) is 0 Å². The van der Waals surface area contributed by atoms with Gasteiger partial charge >= 0.3 is 0 Å². The summed E-state index contributed by atoms with van der Waals surface area (Å²) in [6.45, 7) is 7.55. The van der Waals surface area contributed by atoms with E-state index in [1.165, 1.54) is 12.8 Å². The van der Waals surface area contributed by atoms with E-state index >= 15 is 0 Å². The van der Waals surface area contributed by atoms with Gasteiger partial charge in [0.1, 0.15) is 0 Å². The zero-order valence-electron chi connectivity index (χ0n) is 8.68. The fourth-order valence-corrected chi connectivity index (χ4v) is 1.85.